The summed E-state index contributed by atoms with van der Waals surface area (Å²) in [7, 11) is 0. The molecule has 2 rings (SSSR count). The first-order valence-electron chi connectivity index (χ1n) is 7.07. The zero-order chi connectivity index (χ0) is 16.1. The van der Waals surface area contributed by atoms with Gasteiger partial charge in [0.25, 0.3) is 0 Å². The molecule has 0 aromatic heterocycles. The minimum absolute atomic E-state index is 0.402. The fraction of sp³-hybridized carbons (Fsp3) is 0.176. The van der Waals surface area contributed by atoms with Crippen molar-refractivity contribution in [3.8, 4) is 0 Å². The van der Waals surface area contributed by atoms with E-state index in [1.54, 1.807) is 24.3 Å². The molecule has 0 bridgehead atoms. The van der Waals surface area contributed by atoms with Gasteiger partial charge in [0.05, 0.1) is 11.4 Å². The largest absolute Gasteiger partial charge is 0.397 e. The first kappa shape index (κ1) is 15.6. The van der Waals surface area contributed by atoms with Crippen LogP contribution in [0.15, 0.2) is 48.5 Å². The zero-order valence-corrected chi connectivity index (χ0v) is 12.7. The van der Waals surface area contributed by atoms with Crippen LogP contribution in [-0.4, -0.2) is 18.4 Å². The third-order valence-corrected chi connectivity index (χ3v) is 3.28. The van der Waals surface area contributed by atoms with E-state index in [1.807, 2.05) is 38.1 Å². The predicted octanol–water partition coefficient (Wildman–Crippen LogP) is 2.57. The van der Waals surface area contributed by atoms with Gasteiger partial charge in [0.15, 0.2) is 0 Å². The van der Waals surface area contributed by atoms with Crippen molar-refractivity contribution in [3.63, 3.8) is 0 Å². The number of nitrogens with two attached hydrogens (primary N) is 1. The number of rotatable bonds is 3. The summed E-state index contributed by atoms with van der Waals surface area (Å²) in [5, 5.41) is 2.57. The Labute approximate surface area is 129 Å². The van der Waals surface area contributed by atoms with Crippen LogP contribution >= 0.6 is 0 Å². The van der Waals surface area contributed by atoms with Gasteiger partial charge >= 0.3 is 11.8 Å². The number of hydrogen-bond acceptors (Lipinski definition) is 3. The second-order valence-electron chi connectivity index (χ2n) is 4.93. The van der Waals surface area contributed by atoms with Crippen LogP contribution in [0, 0.1) is 6.92 Å². The number of benzene rings is 2. The molecule has 2 aromatic carbocycles. The van der Waals surface area contributed by atoms with Crippen LogP contribution in [0.4, 0.5) is 17.1 Å². The number of carbonyl (C=O) groups excluding carboxylic acids is 2. The van der Waals surface area contributed by atoms with Crippen molar-refractivity contribution < 1.29 is 9.59 Å². The van der Waals surface area contributed by atoms with Crippen molar-refractivity contribution in [1.29, 1.82) is 0 Å². The molecule has 0 radical (unpaired) electrons. The topological polar surface area (TPSA) is 75.4 Å². The molecule has 0 aliphatic rings. The Morgan fingerprint density at radius 1 is 1.14 bits per heavy atom. The number of nitrogen functional groups attached to an aromatic ring is 1. The summed E-state index contributed by atoms with van der Waals surface area (Å²) < 4.78 is 0. The maximum absolute atomic E-state index is 12.3. The van der Waals surface area contributed by atoms with Crippen LogP contribution in [0.25, 0.3) is 0 Å². The Morgan fingerprint density at radius 2 is 1.82 bits per heavy atom. The van der Waals surface area contributed by atoms with Gasteiger partial charge in [0.2, 0.25) is 0 Å². The first-order chi connectivity index (χ1) is 10.5. The van der Waals surface area contributed by atoms with Crippen LogP contribution in [0.2, 0.25) is 0 Å². The fourth-order valence-corrected chi connectivity index (χ4v) is 2.15. The van der Waals surface area contributed by atoms with Gasteiger partial charge in [-0.1, -0.05) is 24.3 Å². The van der Waals surface area contributed by atoms with Crippen LogP contribution in [-0.2, 0) is 9.59 Å². The Morgan fingerprint density at radius 3 is 2.41 bits per heavy atom. The lowest BCUT2D eigenvalue weighted by Gasteiger charge is -2.20. The summed E-state index contributed by atoms with van der Waals surface area (Å²) in [5.74, 6) is -1.32. The second-order valence-corrected chi connectivity index (χ2v) is 4.93. The lowest BCUT2D eigenvalue weighted by atomic mass is 10.2. The van der Waals surface area contributed by atoms with Crippen molar-refractivity contribution in [1.82, 2.24) is 0 Å². The summed E-state index contributed by atoms with van der Waals surface area (Å²) in [6.07, 6.45) is 0. The third kappa shape index (κ3) is 3.44. The highest BCUT2D eigenvalue weighted by molar-refractivity contribution is 6.44. The Balaban J connectivity index is 2.16. The molecule has 0 aliphatic carbocycles. The van der Waals surface area contributed by atoms with Crippen LogP contribution in [0.1, 0.15) is 12.5 Å². The highest BCUT2D eigenvalue weighted by atomic mass is 16.2. The van der Waals surface area contributed by atoms with E-state index in [4.69, 9.17) is 5.73 Å². The Hall–Kier alpha value is -2.82. The van der Waals surface area contributed by atoms with Gasteiger partial charge in [0.1, 0.15) is 0 Å². The zero-order valence-electron chi connectivity index (χ0n) is 12.7. The summed E-state index contributed by atoms with van der Waals surface area (Å²) >= 11 is 0. The molecule has 22 heavy (non-hydrogen) atoms. The van der Waals surface area contributed by atoms with E-state index in [1.165, 1.54) is 4.90 Å². The molecule has 5 nitrogen and oxygen atoms in total. The van der Waals surface area contributed by atoms with E-state index in [0.29, 0.717) is 23.6 Å². The molecule has 0 unspecified atom stereocenters. The maximum atomic E-state index is 12.3. The monoisotopic (exact) mass is 297 g/mol. The van der Waals surface area contributed by atoms with Crippen molar-refractivity contribution >= 4 is 28.9 Å². The molecule has 2 aromatic rings. The second kappa shape index (κ2) is 6.76. The summed E-state index contributed by atoms with van der Waals surface area (Å²) in [4.78, 5) is 25.9. The number of carbonyl (C=O) groups is 2. The lowest BCUT2D eigenvalue weighted by Crippen LogP contribution is -2.39. The van der Waals surface area contributed by atoms with Gasteiger partial charge in [-0.2, -0.15) is 0 Å². The molecule has 0 atom stereocenters. The van der Waals surface area contributed by atoms with Gasteiger partial charge in [0, 0.05) is 12.2 Å². The van der Waals surface area contributed by atoms with Gasteiger partial charge in [-0.25, -0.2) is 0 Å². The van der Waals surface area contributed by atoms with E-state index in [0.717, 1.165) is 5.56 Å². The molecule has 0 aliphatic heterocycles. The van der Waals surface area contributed by atoms with E-state index >= 15 is 0 Å². The van der Waals surface area contributed by atoms with Crippen LogP contribution in [0.3, 0.4) is 0 Å². The number of para-hydroxylation sites is 1. The van der Waals surface area contributed by atoms with E-state index in [2.05, 4.69) is 5.32 Å². The average molecular weight is 297 g/mol. The SMILES string of the molecule is CCN(C(=O)C(=O)Nc1ccc(C)cc1N)c1ccccc1. The first-order valence-corrected chi connectivity index (χ1v) is 7.07. The van der Waals surface area contributed by atoms with Gasteiger partial charge < -0.3 is 16.0 Å². The number of aryl methyl sites for hydroxylation is 1. The highest BCUT2D eigenvalue weighted by Crippen LogP contribution is 2.20. The van der Waals surface area contributed by atoms with Crippen molar-refractivity contribution in [3.05, 3.63) is 54.1 Å². The number of anilines is 3. The van der Waals surface area contributed by atoms with Crippen molar-refractivity contribution in [2.75, 3.05) is 22.5 Å². The summed E-state index contributed by atoms with van der Waals surface area (Å²) in [5.41, 5.74) is 8.39. The Bertz CT molecular complexity index is 684. The highest BCUT2D eigenvalue weighted by Gasteiger charge is 2.22. The molecule has 0 saturated carbocycles. The molecule has 114 valence electrons. The minimum atomic E-state index is -0.707. The van der Waals surface area contributed by atoms with Crippen LogP contribution < -0.4 is 16.0 Å². The van der Waals surface area contributed by atoms with Crippen LogP contribution in [0.5, 0.6) is 0 Å². The third-order valence-electron chi connectivity index (χ3n) is 3.28. The molecule has 5 heteroatoms. The summed E-state index contributed by atoms with van der Waals surface area (Å²) in [6, 6.07) is 14.3. The van der Waals surface area contributed by atoms with Crippen molar-refractivity contribution in [2.24, 2.45) is 0 Å². The number of likely N-dealkylation sites (N-methyl/N-ethyl adjacent to an activating group) is 1. The van der Waals surface area contributed by atoms with E-state index < -0.39 is 11.8 Å². The molecular formula is C17H19N3O2. The molecule has 0 fully saturated rings. The lowest BCUT2D eigenvalue weighted by molar-refractivity contribution is -0.134. The van der Waals surface area contributed by atoms with E-state index in [9.17, 15) is 9.59 Å². The smallest absolute Gasteiger partial charge is 0.316 e. The van der Waals surface area contributed by atoms with Crippen molar-refractivity contribution in [2.45, 2.75) is 13.8 Å². The summed E-state index contributed by atoms with van der Waals surface area (Å²) in [6.45, 7) is 4.12. The normalized spacial score (nSPS) is 10.1. The molecule has 2 amide bonds. The number of hydrogen-bond donors (Lipinski definition) is 2. The molecule has 0 heterocycles. The predicted molar refractivity (Wildman–Crippen MR) is 88.7 cm³/mol. The molecule has 0 saturated heterocycles. The Kier molecular flexibility index (Phi) is 4.78. The number of nitrogens with one attached hydrogen (secondary N) is 1. The molecular weight excluding hydrogens is 278 g/mol. The average Bonchev–Trinajstić information content (AvgIpc) is 2.51. The number of nitrogens with zero attached hydrogens (tertiary/aromatic N) is 1. The maximum Gasteiger partial charge on any atom is 0.316 e. The number of amides is 2. The fourth-order valence-electron chi connectivity index (χ4n) is 2.15. The quantitative estimate of drug-likeness (QED) is 0.675. The standard InChI is InChI=1S/C17H19N3O2/c1-3-20(13-7-5-4-6-8-13)17(22)16(21)19-15-10-9-12(2)11-14(15)18/h4-11H,3,18H2,1-2H3,(H,19,21). The van der Waals surface area contributed by atoms with E-state index in [-0.39, 0.29) is 0 Å². The van der Waals surface area contributed by atoms with Gasteiger partial charge in [-0.05, 0) is 43.7 Å². The van der Waals surface area contributed by atoms with Gasteiger partial charge in [-0.15, -0.1) is 0 Å². The molecule has 3 N–H and O–H groups in total. The minimum Gasteiger partial charge on any atom is -0.397 e. The molecule has 0 spiro atoms. The van der Waals surface area contributed by atoms with Gasteiger partial charge in [-0.3, -0.25) is 9.59 Å².